The molecule has 0 bridgehead atoms. The summed E-state index contributed by atoms with van der Waals surface area (Å²) in [6.45, 7) is 0. The van der Waals surface area contributed by atoms with Crippen LogP contribution in [0.1, 0.15) is 10.4 Å². The number of para-hydroxylation sites is 1. The number of nitrogens with one attached hydrogen (secondary N) is 1. The van der Waals surface area contributed by atoms with Crippen molar-refractivity contribution in [1.82, 2.24) is 0 Å². The Bertz CT molecular complexity index is 1050. The van der Waals surface area contributed by atoms with Gasteiger partial charge >= 0.3 is 0 Å². The maximum atomic E-state index is 12.7. The zero-order valence-corrected chi connectivity index (χ0v) is 16.0. The summed E-state index contributed by atoms with van der Waals surface area (Å²) in [7, 11) is -2.19. The number of hydrogen-bond acceptors (Lipinski definition) is 3. The van der Waals surface area contributed by atoms with E-state index < -0.39 is 10.0 Å². The van der Waals surface area contributed by atoms with Crippen LogP contribution in [0.3, 0.4) is 0 Å². The smallest absolute Gasteiger partial charge is 0.264 e. The Morgan fingerprint density at radius 1 is 0.889 bits per heavy atom. The quantitative estimate of drug-likeness (QED) is 0.689. The molecule has 0 aliphatic carbocycles. The van der Waals surface area contributed by atoms with Crippen molar-refractivity contribution in [2.45, 2.75) is 4.90 Å². The number of benzene rings is 3. The highest BCUT2D eigenvalue weighted by atomic mass is 35.5. The summed E-state index contributed by atoms with van der Waals surface area (Å²) in [5.41, 5.74) is 1.36. The summed E-state index contributed by atoms with van der Waals surface area (Å²) in [6.07, 6.45) is 0. The van der Waals surface area contributed by atoms with Crippen LogP contribution in [0.2, 0.25) is 5.02 Å². The maximum Gasteiger partial charge on any atom is 0.264 e. The SMILES string of the molecule is CN(c1ccc(C(=O)Nc2ccccc2Cl)cc1)S(=O)(=O)c1ccccc1. The van der Waals surface area contributed by atoms with Gasteiger partial charge in [0.25, 0.3) is 15.9 Å². The summed E-state index contributed by atoms with van der Waals surface area (Å²) in [5, 5.41) is 3.17. The van der Waals surface area contributed by atoms with Crippen LogP contribution in [0, 0.1) is 0 Å². The lowest BCUT2D eigenvalue weighted by molar-refractivity contribution is 0.102. The summed E-state index contributed by atoms with van der Waals surface area (Å²) in [5.74, 6) is -0.330. The molecule has 0 saturated heterocycles. The first kappa shape index (κ1) is 18.9. The molecule has 0 aliphatic heterocycles. The number of nitrogens with zero attached hydrogens (tertiary/aromatic N) is 1. The normalized spacial score (nSPS) is 11.0. The van der Waals surface area contributed by atoms with Gasteiger partial charge in [-0.05, 0) is 48.5 Å². The van der Waals surface area contributed by atoms with E-state index in [4.69, 9.17) is 11.6 Å². The molecule has 27 heavy (non-hydrogen) atoms. The van der Waals surface area contributed by atoms with Gasteiger partial charge in [-0.1, -0.05) is 41.9 Å². The second kappa shape index (κ2) is 7.82. The second-order valence-corrected chi connectivity index (χ2v) is 8.14. The van der Waals surface area contributed by atoms with Crippen molar-refractivity contribution < 1.29 is 13.2 Å². The highest BCUT2D eigenvalue weighted by Crippen LogP contribution is 2.24. The van der Waals surface area contributed by atoms with Crippen LogP contribution in [0.5, 0.6) is 0 Å². The van der Waals surface area contributed by atoms with Gasteiger partial charge in [-0.25, -0.2) is 8.42 Å². The predicted molar refractivity (Wildman–Crippen MR) is 108 cm³/mol. The van der Waals surface area contributed by atoms with Crippen LogP contribution < -0.4 is 9.62 Å². The summed E-state index contributed by atoms with van der Waals surface area (Å²) < 4.78 is 26.5. The minimum Gasteiger partial charge on any atom is -0.321 e. The Hall–Kier alpha value is -2.83. The van der Waals surface area contributed by atoms with Gasteiger partial charge in [0, 0.05) is 12.6 Å². The molecule has 1 amide bonds. The van der Waals surface area contributed by atoms with E-state index in [1.54, 1.807) is 66.7 Å². The molecule has 3 rings (SSSR count). The van der Waals surface area contributed by atoms with E-state index in [2.05, 4.69) is 5.32 Å². The highest BCUT2D eigenvalue weighted by molar-refractivity contribution is 7.92. The molecule has 0 atom stereocenters. The van der Waals surface area contributed by atoms with E-state index in [-0.39, 0.29) is 10.8 Å². The predicted octanol–water partition coefficient (Wildman–Crippen LogP) is 4.42. The van der Waals surface area contributed by atoms with Crippen molar-refractivity contribution in [3.8, 4) is 0 Å². The summed E-state index contributed by atoms with van der Waals surface area (Å²) in [4.78, 5) is 12.6. The van der Waals surface area contributed by atoms with Gasteiger partial charge in [0.2, 0.25) is 0 Å². The summed E-state index contributed by atoms with van der Waals surface area (Å²) >= 11 is 6.04. The zero-order chi connectivity index (χ0) is 19.4. The molecular weight excluding hydrogens is 384 g/mol. The molecule has 0 fully saturated rings. The number of carbonyl (C=O) groups excluding carboxylic acids is 1. The largest absolute Gasteiger partial charge is 0.321 e. The Balaban J connectivity index is 1.79. The molecule has 138 valence electrons. The Morgan fingerprint density at radius 3 is 2.11 bits per heavy atom. The number of rotatable bonds is 5. The van der Waals surface area contributed by atoms with Crippen LogP contribution in [0.4, 0.5) is 11.4 Å². The van der Waals surface area contributed by atoms with E-state index in [0.29, 0.717) is 22.0 Å². The van der Waals surface area contributed by atoms with E-state index in [0.717, 1.165) is 0 Å². The van der Waals surface area contributed by atoms with Crippen molar-refractivity contribution in [1.29, 1.82) is 0 Å². The third-order valence-electron chi connectivity index (χ3n) is 4.02. The van der Waals surface area contributed by atoms with Gasteiger partial charge in [0.05, 0.1) is 21.3 Å². The first-order valence-corrected chi connectivity index (χ1v) is 9.91. The number of carbonyl (C=O) groups is 1. The first-order chi connectivity index (χ1) is 12.9. The molecule has 0 heterocycles. The van der Waals surface area contributed by atoms with Crippen molar-refractivity contribution in [3.63, 3.8) is 0 Å². The van der Waals surface area contributed by atoms with E-state index in [1.807, 2.05) is 0 Å². The Morgan fingerprint density at radius 2 is 1.48 bits per heavy atom. The molecule has 3 aromatic carbocycles. The Kier molecular flexibility index (Phi) is 5.48. The van der Waals surface area contributed by atoms with Crippen molar-refractivity contribution >= 4 is 38.9 Å². The topological polar surface area (TPSA) is 66.5 Å². The van der Waals surface area contributed by atoms with Crippen LogP contribution in [-0.4, -0.2) is 21.4 Å². The third kappa shape index (κ3) is 4.13. The van der Waals surface area contributed by atoms with Gasteiger partial charge < -0.3 is 5.32 Å². The van der Waals surface area contributed by atoms with Crippen LogP contribution in [-0.2, 0) is 10.0 Å². The molecule has 0 spiro atoms. The minimum atomic E-state index is -3.66. The molecule has 0 saturated carbocycles. The molecule has 0 aromatic heterocycles. The van der Waals surface area contributed by atoms with E-state index in [1.165, 1.54) is 23.5 Å². The van der Waals surface area contributed by atoms with Crippen molar-refractivity contribution in [3.05, 3.63) is 89.4 Å². The number of hydrogen-bond donors (Lipinski definition) is 1. The van der Waals surface area contributed by atoms with Gasteiger partial charge in [-0.3, -0.25) is 9.10 Å². The molecule has 5 nitrogen and oxygen atoms in total. The number of sulfonamides is 1. The molecule has 3 aromatic rings. The summed E-state index contributed by atoms with van der Waals surface area (Å²) in [6, 6.07) is 21.4. The molecule has 0 aliphatic rings. The van der Waals surface area contributed by atoms with Crippen molar-refractivity contribution in [2.24, 2.45) is 0 Å². The zero-order valence-electron chi connectivity index (χ0n) is 14.5. The number of anilines is 2. The van der Waals surface area contributed by atoms with Crippen LogP contribution in [0.15, 0.2) is 83.8 Å². The Labute approximate surface area is 163 Å². The minimum absolute atomic E-state index is 0.202. The van der Waals surface area contributed by atoms with Gasteiger partial charge in [-0.2, -0.15) is 0 Å². The lowest BCUT2D eigenvalue weighted by Crippen LogP contribution is -2.26. The first-order valence-electron chi connectivity index (χ1n) is 8.09. The standard InChI is InChI=1S/C20H17ClN2O3S/c1-23(27(25,26)17-7-3-2-4-8-17)16-13-11-15(12-14-16)20(24)22-19-10-6-5-9-18(19)21/h2-14H,1H3,(H,22,24). The third-order valence-corrected chi connectivity index (χ3v) is 6.15. The fraction of sp³-hybridized carbons (Fsp3) is 0.0500. The van der Waals surface area contributed by atoms with E-state index in [9.17, 15) is 13.2 Å². The molecule has 0 unspecified atom stereocenters. The average Bonchev–Trinajstić information content (AvgIpc) is 2.70. The fourth-order valence-electron chi connectivity index (χ4n) is 2.47. The lowest BCUT2D eigenvalue weighted by atomic mass is 10.2. The maximum absolute atomic E-state index is 12.7. The van der Waals surface area contributed by atoms with E-state index >= 15 is 0 Å². The molecule has 0 radical (unpaired) electrons. The fourth-order valence-corrected chi connectivity index (χ4v) is 3.87. The van der Waals surface area contributed by atoms with Gasteiger partial charge in [0.15, 0.2) is 0 Å². The average molecular weight is 401 g/mol. The van der Waals surface area contributed by atoms with Gasteiger partial charge in [0.1, 0.15) is 0 Å². The van der Waals surface area contributed by atoms with Crippen molar-refractivity contribution in [2.75, 3.05) is 16.7 Å². The molecular formula is C20H17ClN2O3S. The molecule has 1 N–H and O–H groups in total. The van der Waals surface area contributed by atoms with Crippen LogP contribution in [0.25, 0.3) is 0 Å². The monoisotopic (exact) mass is 400 g/mol. The number of halogens is 1. The van der Waals surface area contributed by atoms with Crippen LogP contribution >= 0.6 is 11.6 Å². The number of amides is 1. The van der Waals surface area contributed by atoms with Gasteiger partial charge in [-0.15, -0.1) is 0 Å². The second-order valence-electron chi connectivity index (χ2n) is 5.77. The lowest BCUT2D eigenvalue weighted by Gasteiger charge is -2.19. The molecule has 7 heteroatoms. The highest BCUT2D eigenvalue weighted by Gasteiger charge is 2.21.